The lowest BCUT2D eigenvalue weighted by molar-refractivity contribution is -0.122. The minimum atomic E-state index is -0.0394. The van der Waals surface area contributed by atoms with Crippen molar-refractivity contribution in [3.8, 4) is 0 Å². The van der Waals surface area contributed by atoms with Crippen molar-refractivity contribution >= 4 is 5.91 Å². The summed E-state index contributed by atoms with van der Waals surface area (Å²) in [6.45, 7) is 9.06. The molecule has 3 heteroatoms. The molecule has 0 radical (unpaired) electrons. The Morgan fingerprint density at radius 2 is 2.07 bits per heavy atom. The molecule has 80 valence electrons. The SMILES string of the molecule is CC1=C(C)NC(=O)[C@@H](CC(C)C)NC1. The van der Waals surface area contributed by atoms with Gasteiger partial charge in [-0.25, -0.2) is 0 Å². The van der Waals surface area contributed by atoms with Crippen molar-refractivity contribution in [2.45, 2.75) is 40.2 Å². The first-order chi connectivity index (χ1) is 6.50. The third-order valence-corrected chi connectivity index (χ3v) is 2.59. The molecule has 1 aliphatic heterocycles. The molecule has 3 nitrogen and oxygen atoms in total. The largest absolute Gasteiger partial charge is 0.329 e. The first-order valence-electron chi connectivity index (χ1n) is 5.21. The van der Waals surface area contributed by atoms with Crippen LogP contribution in [0.2, 0.25) is 0 Å². The summed E-state index contributed by atoms with van der Waals surface area (Å²) in [5, 5.41) is 6.20. The van der Waals surface area contributed by atoms with Crippen LogP contribution in [0, 0.1) is 5.92 Å². The molecule has 1 atom stereocenters. The van der Waals surface area contributed by atoms with Gasteiger partial charge in [0.05, 0.1) is 6.04 Å². The lowest BCUT2D eigenvalue weighted by atomic mass is 10.0. The van der Waals surface area contributed by atoms with Crippen LogP contribution in [-0.4, -0.2) is 18.5 Å². The average molecular weight is 196 g/mol. The maximum Gasteiger partial charge on any atom is 0.241 e. The van der Waals surface area contributed by atoms with Gasteiger partial charge in [-0.2, -0.15) is 0 Å². The standard InChI is InChI=1S/C11H20N2O/c1-7(2)5-10-11(14)13-9(4)8(3)6-12-10/h7,10,12H,5-6H2,1-4H3,(H,13,14)/t10-/m1/s1. The first kappa shape index (κ1) is 11.2. The van der Waals surface area contributed by atoms with E-state index in [4.69, 9.17) is 0 Å². The molecule has 0 fully saturated rings. The summed E-state index contributed by atoms with van der Waals surface area (Å²) in [7, 11) is 0. The van der Waals surface area contributed by atoms with Crippen molar-refractivity contribution in [3.05, 3.63) is 11.3 Å². The number of carbonyl (C=O) groups is 1. The maximum atomic E-state index is 11.7. The van der Waals surface area contributed by atoms with E-state index in [9.17, 15) is 4.79 Å². The summed E-state index contributed by atoms with van der Waals surface area (Å²) in [5.41, 5.74) is 2.21. The van der Waals surface area contributed by atoms with E-state index in [1.165, 1.54) is 5.57 Å². The summed E-state index contributed by atoms with van der Waals surface area (Å²) in [4.78, 5) is 11.7. The van der Waals surface area contributed by atoms with Gasteiger partial charge < -0.3 is 10.6 Å². The summed E-state index contributed by atoms with van der Waals surface area (Å²) >= 11 is 0. The molecule has 1 rings (SSSR count). The van der Waals surface area contributed by atoms with E-state index in [1.54, 1.807) is 0 Å². The molecular weight excluding hydrogens is 176 g/mol. The molecule has 0 aromatic carbocycles. The fourth-order valence-electron chi connectivity index (χ4n) is 1.54. The fraction of sp³-hybridized carbons (Fsp3) is 0.727. The zero-order valence-corrected chi connectivity index (χ0v) is 9.48. The van der Waals surface area contributed by atoms with Crippen LogP contribution in [0.25, 0.3) is 0 Å². The van der Waals surface area contributed by atoms with Crippen LogP contribution in [0.1, 0.15) is 34.1 Å². The number of nitrogens with one attached hydrogen (secondary N) is 2. The van der Waals surface area contributed by atoms with Crippen LogP contribution < -0.4 is 10.6 Å². The highest BCUT2D eigenvalue weighted by Crippen LogP contribution is 2.10. The van der Waals surface area contributed by atoms with Crippen LogP contribution in [0.4, 0.5) is 0 Å². The van der Waals surface area contributed by atoms with Gasteiger partial charge in [0, 0.05) is 12.2 Å². The average Bonchev–Trinajstić information content (AvgIpc) is 2.18. The third kappa shape index (κ3) is 2.84. The van der Waals surface area contributed by atoms with Crippen LogP contribution in [0.15, 0.2) is 11.3 Å². The van der Waals surface area contributed by atoms with E-state index in [2.05, 4.69) is 24.5 Å². The minimum absolute atomic E-state index is 0.0394. The van der Waals surface area contributed by atoms with Crippen molar-refractivity contribution in [1.29, 1.82) is 0 Å². The predicted octanol–water partition coefficient (Wildman–Crippen LogP) is 1.41. The quantitative estimate of drug-likeness (QED) is 0.701. The van der Waals surface area contributed by atoms with E-state index < -0.39 is 0 Å². The van der Waals surface area contributed by atoms with E-state index in [1.807, 2.05) is 13.8 Å². The van der Waals surface area contributed by atoms with Crippen molar-refractivity contribution in [2.24, 2.45) is 5.92 Å². The van der Waals surface area contributed by atoms with Crippen LogP contribution in [-0.2, 0) is 4.79 Å². The summed E-state index contributed by atoms with van der Waals surface area (Å²) in [5.74, 6) is 0.644. The highest BCUT2D eigenvalue weighted by molar-refractivity contribution is 5.83. The van der Waals surface area contributed by atoms with Gasteiger partial charge in [0.15, 0.2) is 0 Å². The number of carbonyl (C=O) groups excluding carboxylic acids is 1. The Morgan fingerprint density at radius 1 is 1.43 bits per heavy atom. The highest BCUT2D eigenvalue weighted by atomic mass is 16.2. The molecular formula is C11H20N2O. The molecule has 0 aromatic heterocycles. The van der Waals surface area contributed by atoms with Crippen LogP contribution in [0.5, 0.6) is 0 Å². The van der Waals surface area contributed by atoms with Crippen molar-refractivity contribution < 1.29 is 4.79 Å². The Bertz CT molecular complexity index is 256. The molecule has 0 aromatic rings. The Balaban J connectivity index is 2.64. The lowest BCUT2D eigenvalue weighted by Crippen LogP contribution is -2.42. The van der Waals surface area contributed by atoms with E-state index in [0.29, 0.717) is 5.92 Å². The molecule has 1 aliphatic rings. The highest BCUT2D eigenvalue weighted by Gasteiger charge is 2.22. The molecule has 0 unspecified atom stereocenters. The molecule has 1 heterocycles. The van der Waals surface area contributed by atoms with Crippen LogP contribution in [0.3, 0.4) is 0 Å². The fourth-order valence-corrected chi connectivity index (χ4v) is 1.54. The summed E-state index contributed by atoms with van der Waals surface area (Å²) in [6.07, 6.45) is 0.895. The zero-order chi connectivity index (χ0) is 10.7. The first-order valence-corrected chi connectivity index (χ1v) is 5.21. The number of hydrogen-bond acceptors (Lipinski definition) is 2. The zero-order valence-electron chi connectivity index (χ0n) is 9.48. The second kappa shape index (κ2) is 4.60. The van der Waals surface area contributed by atoms with Crippen LogP contribution >= 0.6 is 0 Å². The van der Waals surface area contributed by atoms with Gasteiger partial charge in [-0.3, -0.25) is 4.79 Å². The summed E-state index contributed by atoms with van der Waals surface area (Å²) in [6, 6.07) is -0.0394. The lowest BCUT2D eigenvalue weighted by Gasteiger charge is -2.16. The number of hydrogen-bond donors (Lipinski definition) is 2. The number of amides is 1. The number of rotatable bonds is 2. The monoisotopic (exact) mass is 196 g/mol. The van der Waals surface area contributed by atoms with Crippen molar-refractivity contribution in [1.82, 2.24) is 10.6 Å². The second-order valence-corrected chi connectivity index (χ2v) is 4.46. The molecule has 2 N–H and O–H groups in total. The Hall–Kier alpha value is -0.830. The van der Waals surface area contributed by atoms with Gasteiger partial charge in [0.2, 0.25) is 5.91 Å². The second-order valence-electron chi connectivity index (χ2n) is 4.46. The summed E-state index contributed by atoms with van der Waals surface area (Å²) < 4.78 is 0. The topological polar surface area (TPSA) is 41.1 Å². The van der Waals surface area contributed by atoms with Gasteiger partial charge in [0.25, 0.3) is 0 Å². The Kier molecular flexibility index (Phi) is 3.69. The molecule has 0 spiro atoms. The van der Waals surface area contributed by atoms with Gasteiger partial charge >= 0.3 is 0 Å². The van der Waals surface area contributed by atoms with Gasteiger partial charge in [-0.15, -0.1) is 0 Å². The Morgan fingerprint density at radius 3 is 2.64 bits per heavy atom. The van der Waals surface area contributed by atoms with E-state index in [-0.39, 0.29) is 11.9 Å². The third-order valence-electron chi connectivity index (χ3n) is 2.59. The maximum absolute atomic E-state index is 11.7. The molecule has 1 amide bonds. The van der Waals surface area contributed by atoms with Gasteiger partial charge in [-0.05, 0) is 31.8 Å². The van der Waals surface area contributed by atoms with E-state index >= 15 is 0 Å². The molecule has 0 saturated heterocycles. The molecule has 0 aliphatic carbocycles. The van der Waals surface area contributed by atoms with Crippen molar-refractivity contribution in [3.63, 3.8) is 0 Å². The van der Waals surface area contributed by atoms with Crippen molar-refractivity contribution in [2.75, 3.05) is 6.54 Å². The minimum Gasteiger partial charge on any atom is -0.329 e. The normalized spacial score (nSPS) is 23.8. The smallest absolute Gasteiger partial charge is 0.241 e. The Labute approximate surface area is 86.0 Å². The molecule has 0 saturated carbocycles. The number of allylic oxidation sites excluding steroid dienone is 1. The predicted molar refractivity (Wildman–Crippen MR) is 57.8 cm³/mol. The van der Waals surface area contributed by atoms with Gasteiger partial charge in [0.1, 0.15) is 0 Å². The molecule has 0 bridgehead atoms. The molecule has 14 heavy (non-hydrogen) atoms. The van der Waals surface area contributed by atoms with E-state index in [0.717, 1.165) is 18.7 Å². The van der Waals surface area contributed by atoms with Gasteiger partial charge in [-0.1, -0.05) is 13.8 Å².